The number of carboxylic acids is 1. The molecule has 0 aliphatic carbocycles. The smallest absolute Gasteiger partial charge is 0.351 e. The Morgan fingerprint density at radius 3 is 1.86 bits per heavy atom. The first kappa shape index (κ1) is 64.3. The van der Waals surface area contributed by atoms with Gasteiger partial charge in [-0.25, -0.2) is 34.7 Å². The van der Waals surface area contributed by atoms with Gasteiger partial charge in [0, 0.05) is 21.7 Å². The maximum atomic E-state index is 13.9. The zero-order valence-electron chi connectivity index (χ0n) is 46.5. The Morgan fingerprint density at radius 1 is 0.636 bits per heavy atom. The van der Waals surface area contributed by atoms with Gasteiger partial charge in [-0.2, -0.15) is 0 Å². The molecule has 10 amide bonds. The van der Waals surface area contributed by atoms with E-state index in [2.05, 4.69) is 112 Å². The summed E-state index contributed by atoms with van der Waals surface area (Å²) >= 11 is 3.00. The van der Waals surface area contributed by atoms with Crippen LogP contribution in [-0.4, -0.2) is 117 Å². The SMILES string of the molecule is C=C(NC(=O)C(=C)NC(=O)C(=C)NC(=O)C(=C)NC(=O)c1ccc2c(n1)-c1coc(n1)C(=C)NC(=O)C(=C)NC(=O)c1csc(n1)C(C)NC(=O)c1csc(n1)CNC(=O)c1coc(n1)/C(=C\C([13CH3])[13CH3])NC(=O)[C@H](C(C)O)NC(=O)c1csc-2n1)C(=O)O. The third-order valence-electron chi connectivity index (χ3n) is 11.5. The fourth-order valence-electron chi connectivity index (χ4n) is 7.06. The fraction of sp³-hybridized carbons (Fsp3) is 0.167. The Balaban J connectivity index is 1.17. The normalized spacial score (nSPS) is 16.1. The van der Waals surface area contributed by atoms with E-state index >= 15 is 0 Å². The van der Waals surface area contributed by atoms with Crippen molar-refractivity contribution >= 4 is 110 Å². The predicted octanol–water partition coefficient (Wildman–Crippen LogP) is 2.04. The predicted molar refractivity (Wildman–Crippen MR) is 312 cm³/mol. The molecular weight excluding hydrogens is 1210 g/mol. The summed E-state index contributed by atoms with van der Waals surface area (Å²) in [6, 6.07) is 0.138. The van der Waals surface area contributed by atoms with Gasteiger partial charge in [-0.3, -0.25) is 47.9 Å². The number of aliphatic carboxylic acids is 1. The van der Waals surface area contributed by atoms with E-state index in [0.717, 1.165) is 46.5 Å². The van der Waals surface area contributed by atoms with E-state index in [-0.39, 0.29) is 80.4 Å². The molecule has 88 heavy (non-hydrogen) atoms. The van der Waals surface area contributed by atoms with Crippen LogP contribution < -0.4 is 53.2 Å². The quantitative estimate of drug-likeness (QED) is 0.0652. The molecule has 0 spiro atoms. The Labute approximate surface area is 508 Å². The summed E-state index contributed by atoms with van der Waals surface area (Å²) in [6.45, 7) is 27.1. The molecule has 2 unspecified atom stereocenters. The summed E-state index contributed by atoms with van der Waals surface area (Å²) < 4.78 is 11.3. The first-order valence-electron chi connectivity index (χ1n) is 25.2. The lowest BCUT2D eigenvalue weighted by atomic mass is 10.1. The lowest BCUT2D eigenvalue weighted by Crippen LogP contribution is -2.52. The molecule has 0 saturated heterocycles. The number of aliphatic hydroxyl groups excluding tert-OH is 1. The summed E-state index contributed by atoms with van der Waals surface area (Å²) in [5.74, 6) is -11.9. The molecule has 454 valence electrons. The topological polar surface area (TPSA) is 452 Å². The fourth-order valence-corrected chi connectivity index (χ4v) is 9.41. The van der Waals surface area contributed by atoms with Crippen molar-refractivity contribution in [1.82, 2.24) is 83.1 Å². The average molecular weight is 1260 g/mol. The molecule has 1 aliphatic heterocycles. The minimum absolute atomic E-state index is 0.0193. The van der Waals surface area contributed by atoms with E-state index in [1.165, 1.54) is 35.2 Å². The third-order valence-corrected chi connectivity index (χ3v) is 14.2. The Bertz CT molecular complexity index is 4010. The van der Waals surface area contributed by atoms with Crippen LogP contribution in [-0.2, 0) is 35.3 Å². The number of carbonyl (C=O) groups is 11. The van der Waals surface area contributed by atoms with Gasteiger partial charge < -0.3 is 72.2 Å². The monoisotopic (exact) mass is 1260 g/mol. The van der Waals surface area contributed by atoms with Crippen LogP contribution in [0, 0.1) is 5.92 Å². The van der Waals surface area contributed by atoms with Crippen LogP contribution in [0.3, 0.4) is 0 Å². The van der Waals surface area contributed by atoms with E-state index in [4.69, 9.17) is 13.9 Å². The van der Waals surface area contributed by atoms with Crippen LogP contribution in [0.5, 0.6) is 0 Å². The number of amides is 10. The second-order valence-electron chi connectivity index (χ2n) is 18.7. The van der Waals surface area contributed by atoms with Crippen molar-refractivity contribution in [2.24, 2.45) is 5.92 Å². The summed E-state index contributed by atoms with van der Waals surface area (Å²) in [5, 5.41) is 48.1. The second-order valence-corrected chi connectivity index (χ2v) is 21.4. The average Bonchev–Trinajstić information content (AvgIpc) is 2.61. The number of hydrogen-bond acceptors (Lipinski definition) is 23. The van der Waals surface area contributed by atoms with E-state index in [9.17, 15) is 57.8 Å². The Morgan fingerprint density at radius 2 is 1.20 bits per heavy atom. The lowest BCUT2D eigenvalue weighted by molar-refractivity contribution is -0.134. The Hall–Kier alpha value is -11.2. The molecule has 0 aromatic carbocycles. The van der Waals surface area contributed by atoms with E-state index in [1.54, 1.807) is 26.8 Å². The number of nitrogens with zero attached hydrogens (tertiary/aromatic N) is 6. The molecule has 31 nitrogen and oxygen atoms in total. The van der Waals surface area contributed by atoms with Crippen LogP contribution in [0.2, 0.25) is 0 Å². The molecule has 6 aromatic heterocycles. The zero-order valence-corrected chi connectivity index (χ0v) is 48.9. The highest BCUT2D eigenvalue weighted by atomic mass is 32.1. The minimum atomic E-state index is -1.64. The number of thiazole rings is 3. The summed E-state index contributed by atoms with van der Waals surface area (Å²) in [7, 11) is 0. The van der Waals surface area contributed by atoms with Gasteiger partial charge in [-0.05, 0) is 31.9 Å². The molecule has 1 aliphatic rings. The highest BCUT2D eigenvalue weighted by molar-refractivity contribution is 7.13. The number of carboxylic acid groups (broad SMARTS) is 1. The van der Waals surface area contributed by atoms with Crippen LogP contribution >= 0.6 is 34.0 Å². The third kappa shape index (κ3) is 15.9. The van der Waals surface area contributed by atoms with E-state index in [1.807, 2.05) is 10.6 Å². The molecule has 0 saturated carbocycles. The van der Waals surface area contributed by atoms with E-state index < -0.39 is 117 Å². The maximum absolute atomic E-state index is 13.9. The maximum Gasteiger partial charge on any atom is 0.351 e. The first-order valence-corrected chi connectivity index (χ1v) is 27.9. The lowest BCUT2D eigenvalue weighted by Gasteiger charge is -2.21. The van der Waals surface area contributed by atoms with Gasteiger partial charge in [-0.1, -0.05) is 59.4 Å². The van der Waals surface area contributed by atoms with Crippen molar-refractivity contribution in [3.63, 3.8) is 0 Å². The number of rotatable bonds is 11. The van der Waals surface area contributed by atoms with Crippen molar-refractivity contribution in [2.75, 3.05) is 0 Å². The van der Waals surface area contributed by atoms with Crippen molar-refractivity contribution in [2.45, 2.75) is 52.4 Å². The standard InChI is InChI=1S/C54H50N16O15S3/c1-20(2)13-31-51-67-33(16-85-51)44(76)55-14-37-63-34(17-86-37)46(78)61-26(8)52-68-35(18-87-52)47(79)59-24(6)42(74)60-25(7)50-66-32(15-84-50)39-29(53-69-36(19-88-53)48(80)70-38(28(10)71)49(81)65-31)11-12-30(64-39)45(77)58-23(5)41(73)56-21(3)40(72)57-22(4)43(75)62-27(9)54(82)83/h11-13,15-20,26,28,38,71H,3-7,9,14H2,1-2,8,10H3,(H,55,76)(H,56,73)(H,57,72)(H,58,77)(H,59,79)(H,60,74)(H,61,78)(H,62,75)(H,65,81)(H,70,80)(H,82,83)/b31-13+/t26?,28?,38-/m0/s1/i1+1,2+1. The molecule has 7 heterocycles. The second kappa shape index (κ2) is 27.7. The van der Waals surface area contributed by atoms with Crippen molar-refractivity contribution in [3.8, 4) is 22.0 Å². The van der Waals surface area contributed by atoms with Gasteiger partial charge >= 0.3 is 5.97 Å². The van der Waals surface area contributed by atoms with Crippen molar-refractivity contribution in [3.05, 3.63) is 165 Å². The van der Waals surface area contributed by atoms with Gasteiger partial charge in [0.2, 0.25) is 17.7 Å². The number of aromatic nitrogens is 6. The van der Waals surface area contributed by atoms with Gasteiger partial charge in [-0.15, -0.1) is 34.0 Å². The minimum Gasteiger partial charge on any atom is -0.477 e. The molecular formula is C54H50N16O15S3. The molecule has 0 radical (unpaired) electrons. The van der Waals surface area contributed by atoms with Gasteiger partial charge in [0.25, 0.3) is 53.2 Å². The number of pyridine rings is 1. The van der Waals surface area contributed by atoms with Gasteiger partial charge in [0.15, 0.2) is 5.69 Å². The first-order chi connectivity index (χ1) is 41.6. The molecule has 34 heteroatoms. The molecule has 0 fully saturated rings. The van der Waals surface area contributed by atoms with Crippen LogP contribution in [0.4, 0.5) is 0 Å². The number of fused-ring (bicyclic) bond motifs is 13. The summed E-state index contributed by atoms with van der Waals surface area (Å²) in [4.78, 5) is 170. The van der Waals surface area contributed by atoms with Crippen molar-refractivity contribution < 1.29 is 71.8 Å². The van der Waals surface area contributed by atoms with Crippen LogP contribution in [0.1, 0.15) is 108 Å². The van der Waals surface area contributed by atoms with Crippen LogP contribution in [0.25, 0.3) is 33.4 Å². The molecule has 7 rings (SSSR count). The number of nitrogens with one attached hydrogen (secondary N) is 10. The number of aliphatic hydroxyl groups is 1. The summed E-state index contributed by atoms with van der Waals surface area (Å²) in [5.41, 5.74) is -4.69. The van der Waals surface area contributed by atoms with Crippen molar-refractivity contribution in [1.29, 1.82) is 0 Å². The van der Waals surface area contributed by atoms with E-state index in [0.29, 0.717) is 10.0 Å². The number of hydrogen-bond donors (Lipinski definition) is 12. The van der Waals surface area contributed by atoms with Gasteiger partial charge in [0.05, 0.1) is 47.2 Å². The molecule has 3 atom stereocenters. The van der Waals surface area contributed by atoms with Crippen LogP contribution in [0.15, 0.2) is 124 Å². The molecule has 6 aromatic rings. The highest BCUT2D eigenvalue weighted by Crippen LogP contribution is 2.34. The zero-order chi connectivity index (χ0) is 64.4. The number of carbonyl (C=O) groups excluding carboxylic acids is 10. The number of oxazole rings is 2. The highest BCUT2D eigenvalue weighted by Gasteiger charge is 2.31. The number of allylic oxidation sites excluding steroid dienone is 1. The van der Waals surface area contributed by atoms with Gasteiger partial charge in [0.1, 0.15) is 79.1 Å². The largest absolute Gasteiger partial charge is 0.477 e. The summed E-state index contributed by atoms with van der Waals surface area (Å²) in [6.07, 6.45) is 2.12. The Kier molecular flexibility index (Phi) is 20.2. The molecule has 12 N–H and O–H groups in total. The molecule has 10 bridgehead atoms.